The molecule has 0 unspecified atom stereocenters. The lowest BCUT2D eigenvalue weighted by Crippen LogP contribution is -2.15. The highest BCUT2D eigenvalue weighted by Crippen LogP contribution is 2.52. The lowest BCUT2D eigenvalue weighted by molar-refractivity contribution is 0.591. The van der Waals surface area contributed by atoms with Crippen molar-refractivity contribution in [2.45, 2.75) is 52.4 Å². The smallest absolute Gasteiger partial charge is 0.146 e. The van der Waals surface area contributed by atoms with Crippen molar-refractivity contribution in [1.82, 2.24) is 13.8 Å². The summed E-state index contributed by atoms with van der Waals surface area (Å²) in [7, 11) is 0. The van der Waals surface area contributed by atoms with Crippen molar-refractivity contribution in [2.75, 3.05) is 4.90 Å². The quantitative estimate of drug-likeness (QED) is 0.178. The van der Waals surface area contributed by atoms with E-state index in [-0.39, 0.29) is 10.8 Å². The third-order valence-electron chi connectivity index (χ3n) is 13.6. The lowest BCUT2D eigenvalue weighted by atomic mass is 9.85. The second kappa shape index (κ2) is 11.8. The molecule has 0 N–H and O–H groups in total. The van der Waals surface area contributed by atoms with Crippen molar-refractivity contribution in [3.63, 3.8) is 0 Å². The fourth-order valence-electron chi connectivity index (χ4n) is 10.7. The maximum atomic E-state index is 5.57. The van der Waals surface area contributed by atoms with Crippen LogP contribution in [0.25, 0.3) is 97.9 Å². The van der Waals surface area contributed by atoms with Crippen LogP contribution in [0.4, 0.5) is 17.1 Å². The monoisotopic (exact) mass is 784 g/mol. The Balaban J connectivity index is 1.29. The van der Waals surface area contributed by atoms with Crippen LogP contribution in [0.1, 0.15) is 52.7 Å². The fourth-order valence-corrected chi connectivity index (χ4v) is 10.7. The number of benzene rings is 8. The molecule has 0 aliphatic carbocycles. The Hall–Kier alpha value is -7.17. The van der Waals surface area contributed by atoms with E-state index in [0.717, 1.165) is 28.2 Å². The Kier molecular flexibility index (Phi) is 6.69. The fraction of sp³-hybridized carbons (Fsp3) is 0.140. The van der Waals surface area contributed by atoms with Gasteiger partial charge in [0.2, 0.25) is 0 Å². The SMILES string of the molecule is CC(C)(C)c1cc(N(c2ccccc2)c2ccccc2)c2c(c1)c1c3ccccc3cc3c4c5c6cc(C(C)(C)C)cc7c8c9ccccc9ccc8n(c5ncc4n2c31)c76. The van der Waals surface area contributed by atoms with Crippen LogP contribution in [0.3, 0.4) is 0 Å². The van der Waals surface area contributed by atoms with Gasteiger partial charge in [-0.2, -0.15) is 0 Å². The topological polar surface area (TPSA) is 24.9 Å². The van der Waals surface area contributed by atoms with Crippen LogP contribution in [-0.2, 0) is 10.8 Å². The first kappa shape index (κ1) is 34.7. The Morgan fingerprint density at radius 1 is 0.410 bits per heavy atom. The van der Waals surface area contributed by atoms with Gasteiger partial charge in [-0.15, -0.1) is 0 Å². The van der Waals surface area contributed by atoms with Crippen LogP contribution in [0.15, 0.2) is 158 Å². The largest absolute Gasteiger partial charge is 0.308 e. The number of nitrogens with zero attached hydrogens (tertiary/aromatic N) is 4. The van der Waals surface area contributed by atoms with Crippen molar-refractivity contribution < 1.29 is 0 Å². The molecule has 8 aromatic carbocycles. The molecule has 5 aromatic heterocycles. The predicted octanol–water partition coefficient (Wildman–Crippen LogP) is 15.8. The van der Waals surface area contributed by atoms with E-state index in [4.69, 9.17) is 4.98 Å². The van der Waals surface area contributed by atoms with Crippen LogP contribution < -0.4 is 4.90 Å². The average Bonchev–Trinajstić information content (AvgIpc) is 3.99. The van der Waals surface area contributed by atoms with Gasteiger partial charge < -0.3 is 9.30 Å². The summed E-state index contributed by atoms with van der Waals surface area (Å²) in [4.78, 5) is 8.02. The zero-order chi connectivity index (χ0) is 41.1. The molecule has 0 saturated carbocycles. The van der Waals surface area contributed by atoms with Crippen LogP contribution in [0.2, 0.25) is 0 Å². The van der Waals surface area contributed by atoms with E-state index >= 15 is 0 Å². The van der Waals surface area contributed by atoms with Gasteiger partial charge >= 0.3 is 0 Å². The maximum absolute atomic E-state index is 5.57. The van der Waals surface area contributed by atoms with Crippen LogP contribution >= 0.6 is 0 Å². The van der Waals surface area contributed by atoms with Gasteiger partial charge in [0, 0.05) is 54.5 Å². The number of para-hydroxylation sites is 2. The summed E-state index contributed by atoms with van der Waals surface area (Å²) in [6, 6.07) is 56.4. The summed E-state index contributed by atoms with van der Waals surface area (Å²) in [6.07, 6.45) is 2.17. The van der Waals surface area contributed by atoms with Gasteiger partial charge in [-0.25, -0.2) is 4.98 Å². The molecule has 4 heteroatoms. The summed E-state index contributed by atoms with van der Waals surface area (Å²) in [5.41, 5.74) is 12.9. The van der Waals surface area contributed by atoms with Crippen molar-refractivity contribution in [3.05, 3.63) is 169 Å². The summed E-state index contributed by atoms with van der Waals surface area (Å²) >= 11 is 0. The van der Waals surface area contributed by atoms with Gasteiger partial charge in [0.15, 0.2) is 0 Å². The van der Waals surface area contributed by atoms with Crippen LogP contribution in [-0.4, -0.2) is 13.8 Å². The van der Waals surface area contributed by atoms with Gasteiger partial charge in [-0.05, 0) is 104 Å². The minimum atomic E-state index is -0.0980. The van der Waals surface area contributed by atoms with E-state index in [1.807, 2.05) is 0 Å². The summed E-state index contributed by atoms with van der Waals surface area (Å²) in [5, 5.41) is 15.2. The highest BCUT2D eigenvalue weighted by molar-refractivity contribution is 6.39. The van der Waals surface area contributed by atoms with Crippen molar-refractivity contribution >= 4 is 115 Å². The molecule has 5 heterocycles. The van der Waals surface area contributed by atoms with Gasteiger partial charge in [0.25, 0.3) is 0 Å². The Morgan fingerprint density at radius 2 is 0.951 bits per heavy atom. The summed E-state index contributed by atoms with van der Waals surface area (Å²) < 4.78 is 5.03. The number of hydrogen-bond acceptors (Lipinski definition) is 2. The second-order valence-corrected chi connectivity index (χ2v) is 19.3. The number of aromatic nitrogens is 3. The molecular formula is C57H44N4. The van der Waals surface area contributed by atoms with Crippen LogP contribution in [0.5, 0.6) is 0 Å². The van der Waals surface area contributed by atoms with E-state index in [1.54, 1.807) is 0 Å². The van der Waals surface area contributed by atoms with E-state index in [2.05, 4.69) is 213 Å². The summed E-state index contributed by atoms with van der Waals surface area (Å²) in [6.45, 7) is 14.0. The molecule has 0 aliphatic heterocycles. The number of rotatable bonds is 3. The molecule has 0 radical (unpaired) electrons. The van der Waals surface area contributed by atoms with E-state index < -0.39 is 0 Å². The molecule has 61 heavy (non-hydrogen) atoms. The average molecular weight is 785 g/mol. The Morgan fingerprint density at radius 3 is 1.61 bits per heavy atom. The highest BCUT2D eigenvalue weighted by Gasteiger charge is 2.31. The number of fused-ring (bicyclic) bond motifs is 17. The maximum Gasteiger partial charge on any atom is 0.146 e. The molecular weight excluding hydrogens is 741 g/mol. The first-order valence-corrected chi connectivity index (χ1v) is 21.6. The third kappa shape index (κ3) is 4.57. The molecule has 0 amide bonds. The molecule has 0 bridgehead atoms. The first-order chi connectivity index (χ1) is 29.6. The predicted molar refractivity (Wildman–Crippen MR) is 261 cm³/mol. The number of anilines is 3. The van der Waals surface area contributed by atoms with Gasteiger partial charge in [0.05, 0.1) is 39.5 Å². The van der Waals surface area contributed by atoms with E-state index in [9.17, 15) is 0 Å². The molecule has 0 saturated heterocycles. The lowest BCUT2D eigenvalue weighted by Gasteiger charge is -2.29. The number of hydrogen-bond donors (Lipinski definition) is 0. The van der Waals surface area contributed by atoms with Crippen molar-refractivity contribution in [2.24, 2.45) is 0 Å². The van der Waals surface area contributed by atoms with Crippen molar-refractivity contribution in [3.8, 4) is 0 Å². The molecule has 0 atom stereocenters. The highest BCUT2D eigenvalue weighted by atomic mass is 15.2. The molecule has 13 aromatic rings. The zero-order valence-electron chi connectivity index (χ0n) is 35.3. The second-order valence-electron chi connectivity index (χ2n) is 19.3. The van der Waals surface area contributed by atoms with Gasteiger partial charge in [-0.1, -0.05) is 133 Å². The molecule has 0 aliphatic rings. The van der Waals surface area contributed by atoms with E-state index in [1.165, 1.54) is 97.8 Å². The third-order valence-corrected chi connectivity index (χ3v) is 13.6. The van der Waals surface area contributed by atoms with Crippen LogP contribution in [0, 0.1) is 0 Å². The van der Waals surface area contributed by atoms with E-state index in [0.29, 0.717) is 0 Å². The Labute approximate surface area is 353 Å². The zero-order valence-corrected chi connectivity index (χ0v) is 35.3. The van der Waals surface area contributed by atoms with Gasteiger partial charge in [0.1, 0.15) is 5.65 Å². The minimum absolute atomic E-state index is 0.0620. The minimum Gasteiger partial charge on any atom is -0.308 e. The Bertz CT molecular complexity index is 3890. The first-order valence-electron chi connectivity index (χ1n) is 21.6. The normalized spacial score (nSPS) is 13.1. The standard InChI is InChI=1S/C57H44N4/c1-56(2,3)35-28-42-48-39-23-15-13-17-33(39)25-26-45(48)61-52(42)44(29-35)51-50-41-27-34-18-14-16-24-40(34)49-43-30-36(57(4,5)6)31-46(53(43)60(54(41)49)47(50)32-58-55(51)61)59(37-19-9-7-10-20-37)38-21-11-8-12-22-38/h7-32H,1-6H3. The molecule has 0 spiro atoms. The molecule has 13 rings (SSSR count). The molecule has 0 fully saturated rings. The van der Waals surface area contributed by atoms with Gasteiger partial charge in [-0.3, -0.25) is 4.40 Å². The molecule has 292 valence electrons. The summed E-state index contributed by atoms with van der Waals surface area (Å²) in [5.74, 6) is 0. The molecule has 4 nitrogen and oxygen atoms in total. The number of pyridine rings is 1. The van der Waals surface area contributed by atoms with Crippen molar-refractivity contribution in [1.29, 1.82) is 0 Å².